The van der Waals surface area contributed by atoms with Gasteiger partial charge in [0, 0.05) is 5.56 Å². The Labute approximate surface area is 95.0 Å². The van der Waals surface area contributed by atoms with Gasteiger partial charge in [0.1, 0.15) is 5.75 Å². The number of carbonyl (C=O) groups is 1. The largest absolute Gasteiger partial charge is 0.494 e. The lowest BCUT2D eigenvalue weighted by molar-refractivity contribution is 0.102. The number of Topliss-reactive ketones (excluding diaryl/α,β-unsaturated/α-hetero) is 1. The number of ketones is 1. The molecule has 0 saturated heterocycles. The molecule has 0 aliphatic rings. The van der Waals surface area contributed by atoms with Crippen molar-refractivity contribution >= 4 is 17.5 Å². The third-order valence-corrected chi connectivity index (χ3v) is 2.46. The molecule has 0 unspecified atom stereocenters. The highest BCUT2D eigenvalue weighted by atomic mass is 32.2. The Morgan fingerprint density at radius 2 is 2.27 bits per heavy atom. The van der Waals surface area contributed by atoms with Crippen LogP contribution in [-0.4, -0.2) is 24.4 Å². The van der Waals surface area contributed by atoms with Gasteiger partial charge in [0.05, 0.1) is 12.4 Å². The molecule has 0 amide bonds. The standard InChI is InChI=1S/C12H16O2S/c1-3-7-14-11-6-4-5-10(8-11)12(13)9-15-2/h4-6,8H,3,7,9H2,1-2H3. The second-order valence-corrected chi connectivity index (χ2v) is 4.10. The number of hydrogen-bond donors (Lipinski definition) is 0. The first kappa shape index (κ1) is 12.1. The summed E-state index contributed by atoms with van der Waals surface area (Å²) < 4.78 is 5.47. The molecule has 0 bridgehead atoms. The molecule has 1 aromatic rings. The van der Waals surface area contributed by atoms with E-state index in [0.29, 0.717) is 12.4 Å². The molecule has 0 radical (unpaired) electrons. The molecule has 0 fully saturated rings. The molecule has 2 nitrogen and oxygen atoms in total. The normalized spacial score (nSPS) is 10.0. The van der Waals surface area contributed by atoms with Crippen molar-refractivity contribution in [1.82, 2.24) is 0 Å². The summed E-state index contributed by atoms with van der Waals surface area (Å²) in [4.78, 5) is 11.6. The monoisotopic (exact) mass is 224 g/mol. The molecule has 0 N–H and O–H groups in total. The summed E-state index contributed by atoms with van der Waals surface area (Å²) in [6.07, 6.45) is 2.90. The molecule has 3 heteroatoms. The summed E-state index contributed by atoms with van der Waals surface area (Å²) in [5.41, 5.74) is 0.734. The van der Waals surface area contributed by atoms with Crippen LogP contribution >= 0.6 is 11.8 Å². The quantitative estimate of drug-likeness (QED) is 0.695. The minimum atomic E-state index is 0.157. The lowest BCUT2D eigenvalue weighted by atomic mass is 10.1. The van der Waals surface area contributed by atoms with E-state index in [-0.39, 0.29) is 5.78 Å². The lowest BCUT2D eigenvalue weighted by Gasteiger charge is -2.05. The van der Waals surface area contributed by atoms with Crippen molar-refractivity contribution in [3.05, 3.63) is 29.8 Å². The Bertz CT molecular complexity index is 323. The Balaban J connectivity index is 2.69. The van der Waals surface area contributed by atoms with E-state index >= 15 is 0 Å². The molecular formula is C12H16O2S. The Morgan fingerprint density at radius 1 is 1.47 bits per heavy atom. The predicted octanol–water partition coefficient (Wildman–Crippen LogP) is 3.02. The number of benzene rings is 1. The molecule has 0 heterocycles. The van der Waals surface area contributed by atoms with E-state index in [2.05, 4.69) is 6.92 Å². The summed E-state index contributed by atoms with van der Waals surface area (Å²) in [6.45, 7) is 2.75. The fourth-order valence-electron chi connectivity index (χ4n) is 1.19. The minimum absolute atomic E-state index is 0.157. The van der Waals surface area contributed by atoms with Crippen molar-refractivity contribution in [2.75, 3.05) is 18.6 Å². The van der Waals surface area contributed by atoms with Gasteiger partial charge in [0.15, 0.2) is 5.78 Å². The van der Waals surface area contributed by atoms with Crippen molar-refractivity contribution in [3.8, 4) is 5.75 Å². The molecule has 82 valence electrons. The summed E-state index contributed by atoms with van der Waals surface area (Å²) in [6, 6.07) is 7.38. The van der Waals surface area contributed by atoms with Crippen molar-refractivity contribution < 1.29 is 9.53 Å². The van der Waals surface area contributed by atoms with E-state index in [1.54, 1.807) is 0 Å². The molecule has 15 heavy (non-hydrogen) atoms. The lowest BCUT2D eigenvalue weighted by Crippen LogP contribution is -2.03. The summed E-state index contributed by atoms with van der Waals surface area (Å²) in [5.74, 6) is 1.46. The average molecular weight is 224 g/mol. The molecule has 1 aromatic carbocycles. The topological polar surface area (TPSA) is 26.3 Å². The van der Waals surface area contributed by atoms with Crippen LogP contribution in [-0.2, 0) is 0 Å². The molecule has 0 aliphatic carbocycles. The third kappa shape index (κ3) is 3.96. The van der Waals surface area contributed by atoms with Crippen LogP contribution in [0.4, 0.5) is 0 Å². The summed E-state index contributed by atoms with van der Waals surface area (Å²) >= 11 is 1.54. The van der Waals surface area contributed by atoms with Gasteiger partial charge in [-0.05, 0) is 24.8 Å². The van der Waals surface area contributed by atoms with Crippen LogP contribution in [0, 0.1) is 0 Å². The molecule has 0 aromatic heterocycles. The molecule has 0 saturated carbocycles. The fraction of sp³-hybridized carbons (Fsp3) is 0.417. The van der Waals surface area contributed by atoms with E-state index in [9.17, 15) is 4.79 Å². The van der Waals surface area contributed by atoms with Crippen LogP contribution in [0.15, 0.2) is 24.3 Å². The molecule has 0 aliphatic heterocycles. The fourth-order valence-corrected chi connectivity index (χ4v) is 1.62. The number of hydrogen-bond acceptors (Lipinski definition) is 3. The average Bonchev–Trinajstić information content (AvgIpc) is 2.27. The first-order valence-corrected chi connectivity index (χ1v) is 6.42. The van der Waals surface area contributed by atoms with Crippen LogP contribution in [0.3, 0.4) is 0 Å². The second kappa shape index (κ2) is 6.51. The summed E-state index contributed by atoms with van der Waals surface area (Å²) in [5, 5.41) is 0. The van der Waals surface area contributed by atoms with Crippen LogP contribution < -0.4 is 4.74 Å². The van der Waals surface area contributed by atoms with Gasteiger partial charge in [-0.3, -0.25) is 4.79 Å². The van der Waals surface area contributed by atoms with Gasteiger partial charge in [0.25, 0.3) is 0 Å². The van der Waals surface area contributed by atoms with Crippen molar-refractivity contribution in [1.29, 1.82) is 0 Å². The zero-order chi connectivity index (χ0) is 11.1. The highest BCUT2D eigenvalue weighted by molar-refractivity contribution is 7.99. The zero-order valence-corrected chi connectivity index (χ0v) is 9.97. The zero-order valence-electron chi connectivity index (χ0n) is 9.16. The summed E-state index contributed by atoms with van der Waals surface area (Å²) in [7, 11) is 0. The van der Waals surface area contributed by atoms with Gasteiger partial charge in [-0.1, -0.05) is 19.1 Å². The Morgan fingerprint density at radius 3 is 2.93 bits per heavy atom. The number of ether oxygens (including phenoxy) is 1. The van der Waals surface area contributed by atoms with Gasteiger partial charge in [0.2, 0.25) is 0 Å². The van der Waals surface area contributed by atoms with Crippen LogP contribution in [0.25, 0.3) is 0 Å². The van der Waals surface area contributed by atoms with Gasteiger partial charge >= 0.3 is 0 Å². The maximum atomic E-state index is 11.6. The second-order valence-electron chi connectivity index (χ2n) is 3.23. The maximum Gasteiger partial charge on any atom is 0.172 e. The third-order valence-electron chi connectivity index (χ3n) is 1.90. The van der Waals surface area contributed by atoms with Gasteiger partial charge in [-0.15, -0.1) is 0 Å². The number of rotatable bonds is 6. The molecule has 0 atom stereocenters. The number of thioether (sulfide) groups is 1. The van der Waals surface area contributed by atoms with E-state index < -0.39 is 0 Å². The first-order valence-electron chi connectivity index (χ1n) is 5.03. The van der Waals surface area contributed by atoms with Gasteiger partial charge in [-0.25, -0.2) is 0 Å². The van der Waals surface area contributed by atoms with Gasteiger partial charge < -0.3 is 4.74 Å². The highest BCUT2D eigenvalue weighted by Gasteiger charge is 2.05. The van der Waals surface area contributed by atoms with Crippen LogP contribution in [0.1, 0.15) is 23.7 Å². The van der Waals surface area contributed by atoms with Crippen molar-refractivity contribution in [2.45, 2.75) is 13.3 Å². The molecule has 1 rings (SSSR count). The van der Waals surface area contributed by atoms with Crippen molar-refractivity contribution in [2.24, 2.45) is 0 Å². The van der Waals surface area contributed by atoms with Crippen molar-refractivity contribution in [3.63, 3.8) is 0 Å². The predicted molar refractivity (Wildman–Crippen MR) is 64.9 cm³/mol. The van der Waals surface area contributed by atoms with E-state index in [4.69, 9.17) is 4.74 Å². The Hall–Kier alpha value is -0.960. The molecule has 0 spiro atoms. The highest BCUT2D eigenvalue weighted by Crippen LogP contribution is 2.15. The van der Waals surface area contributed by atoms with Crippen LogP contribution in [0.5, 0.6) is 5.75 Å². The van der Waals surface area contributed by atoms with Gasteiger partial charge in [-0.2, -0.15) is 11.8 Å². The SMILES string of the molecule is CCCOc1cccc(C(=O)CSC)c1. The first-order chi connectivity index (χ1) is 7.27. The number of carbonyl (C=O) groups excluding carboxylic acids is 1. The minimum Gasteiger partial charge on any atom is -0.494 e. The molecular weight excluding hydrogens is 208 g/mol. The van der Waals surface area contributed by atoms with E-state index in [1.165, 1.54) is 11.8 Å². The van der Waals surface area contributed by atoms with Crippen LogP contribution in [0.2, 0.25) is 0 Å². The Kier molecular flexibility index (Phi) is 5.26. The van der Waals surface area contributed by atoms with E-state index in [1.807, 2.05) is 30.5 Å². The van der Waals surface area contributed by atoms with E-state index in [0.717, 1.165) is 17.7 Å². The smallest absolute Gasteiger partial charge is 0.172 e. The maximum absolute atomic E-state index is 11.6.